The Balaban J connectivity index is 2.01. The van der Waals surface area contributed by atoms with Crippen molar-refractivity contribution in [3.8, 4) is 11.8 Å². The third kappa shape index (κ3) is 4.48. The summed E-state index contributed by atoms with van der Waals surface area (Å²) in [7, 11) is 1.66. The highest BCUT2D eigenvalue weighted by atomic mass is 16.5. The van der Waals surface area contributed by atoms with E-state index in [1.807, 2.05) is 26.0 Å². The quantitative estimate of drug-likeness (QED) is 0.772. The fourth-order valence-electron chi connectivity index (χ4n) is 3.27. The van der Waals surface area contributed by atoms with Crippen LogP contribution in [0.1, 0.15) is 38.3 Å². The number of benzene rings is 1. The molecule has 2 atom stereocenters. The summed E-state index contributed by atoms with van der Waals surface area (Å²) in [6.45, 7) is 6.33. The first-order chi connectivity index (χ1) is 11.6. The lowest BCUT2D eigenvalue weighted by atomic mass is 10.0. The van der Waals surface area contributed by atoms with Crippen molar-refractivity contribution in [2.75, 3.05) is 33.3 Å². The van der Waals surface area contributed by atoms with E-state index in [0.29, 0.717) is 19.6 Å². The zero-order valence-corrected chi connectivity index (χ0v) is 14.9. The molecule has 130 valence electrons. The molecule has 24 heavy (non-hydrogen) atoms. The lowest BCUT2D eigenvalue weighted by Crippen LogP contribution is -2.41. The maximum absolute atomic E-state index is 12.6. The van der Waals surface area contributed by atoms with Gasteiger partial charge in [0.1, 0.15) is 5.75 Å². The third-order valence-corrected chi connectivity index (χ3v) is 4.65. The van der Waals surface area contributed by atoms with Gasteiger partial charge in [-0.05, 0) is 50.9 Å². The third-order valence-electron chi connectivity index (χ3n) is 4.65. The molecule has 1 aromatic rings. The second-order valence-corrected chi connectivity index (χ2v) is 6.36. The standard InChI is InChI=1S/C19H27N3O2/c1-4-21(13-15(2)12-20)19(23)14-22-11-5-6-18(22)16-7-9-17(24-3)10-8-16/h7-10,15,18H,4-6,11,13-14H2,1-3H3. The Bertz CT molecular complexity index is 579. The monoisotopic (exact) mass is 329 g/mol. The molecule has 1 saturated heterocycles. The number of hydrogen-bond donors (Lipinski definition) is 0. The summed E-state index contributed by atoms with van der Waals surface area (Å²) in [5, 5.41) is 8.97. The summed E-state index contributed by atoms with van der Waals surface area (Å²) in [4.78, 5) is 16.7. The van der Waals surface area contributed by atoms with Gasteiger partial charge in [0.25, 0.3) is 0 Å². The van der Waals surface area contributed by atoms with Crippen molar-refractivity contribution in [3.63, 3.8) is 0 Å². The molecule has 5 heteroatoms. The second-order valence-electron chi connectivity index (χ2n) is 6.36. The summed E-state index contributed by atoms with van der Waals surface area (Å²) < 4.78 is 5.22. The van der Waals surface area contributed by atoms with E-state index in [2.05, 4.69) is 23.1 Å². The van der Waals surface area contributed by atoms with E-state index in [1.54, 1.807) is 12.0 Å². The van der Waals surface area contributed by atoms with Crippen LogP contribution in [0.4, 0.5) is 0 Å². The molecule has 0 spiro atoms. The number of ether oxygens (including phenoxy) is 1. The molecule has 0 N–H and O–H groups in total. The smallest absolute Gasteiger partial charge is 0.236 e. The number of nitriles is 1. The summed E-state index contributed by atoms with van der Waals surface area (Å²) in [6.07, 6.45) is 2.17. The Hall–Kier alpha value is -2.06. The van der Waals surface area contributed by atoms with Crippen molar-refractivity contribution in [3.05, 3.63) is 29.8 Å². The molecule has 2 rings (SSSR count). The molecular weight excluding hydrogens is 302 g/mol. The molecule has 5 nitrogen and oxygen atoms in total. The highest BCUT2D eigenvalue weighted by Gasteiger charge is 2.29. The van der Waals surface area contributed by atoms with E-state index in [0.717, 1.165) is 25.1 Å². The van der Waals surface area contributed by atoms with Gasteiger partial charge in [-0.2, -0.15) is 5.26 Å². The number of hydrogen-bond acceptors (Lipinski definition) is 4. The lowest BCUT2D eigenvalue weighted by Gasteiger charge is -2.28. The molecule has 1 heterocycles. The topological polar surface area (TPSA) is 56.6 Å². The first-order valence-electron chi connectivity index (χ1n) is 8.64. The number of rotatable bonds is 7. The van der Waals surface area contributed by atoms with Crippen LogP contribution < -0.4 is 4.74 Å². The molecule has 1 aliphatic rings. The van der Waals surface area contributed by atoms with E-state index < -0.39 is 0 Å². The molecule has 1 amide bonds. The van der Waals surface area contributed by atoms with E-state index in [1.165, 1.54) is 5.56 Å². The van der Waals surface area contributed by atoms with Crippen LogP contribution in [0, 0.1) is 17.2 Å². The molecule has 0 bridgehead atoms. The van der Waals surface area contributed by atoms with Gasteiger partial charge in [-0.1, -0.05) is 12.1 Å². The van der Waals surface area contributed by atoms with Crippen LogP contribution in [0.15, 0.2) is 24.3 Å². The van der Waals surface area contributed by atoms with E-state index in [4.69, 9.17) is 10.00 Å². The van der Waals surface area contributed by atoms with Crippen molar-refractivity contribution in [1.82, 2.24) is 9.80 Å². The summed E-state index contributed by atoms with van der Waals surface area (Å²) >= 11 is 0. The average molecular weight is 329 g/mol. The maximum Gasteiger partial charge on any atom is 0.236 e. The van der Waals surface area contributed by atoms with Gasteiger partial charge >= 0.3 is 0 Å². The van der Waals surface area contributed by atoms with Crippen molar-refractivity contribution in [2.24, 2.45) is 5.92 Å². The van der Waals surface area contributed by atoms with Crippen molar-refractivity contribution < 1.29 is 9.53 Å². The zero-order chi connectivity index (χ0) is 17.5. The van der Waals surface area contributed by atoms with Crippen LogP contribution in [0.3, 0.4) is 0 Å². The number of carbonyl (C=O) groups excluding carboxylic acids is 1. The van der Waals surface area contributed by atoms with Crippen molar-refractivity contribution in [1.29, 1.82) is 5.26 Å². The summed E-state index contributed by atoms with van der Waals surface area (Å²) in [5.41, 5.74) is 1.23. The van der Waals surface area contributed by atoms with Crippen molar-refractivity contribution >= 4 is 5.91 Å². The van der Waals surface area contributed by atoms with Gasteiger partial charge in [0.2, 0.25) is 5.91 Å². The SMILES string of the molecule is CCN(CC(C)C#N)C(=O)CN1CCCC1c1ccc(OC)cc1. The van der Waals surface area contributed by atoms with Gasteiger partial charge in [0, 0.05) is 19.1 Å². The van der Waals surface area contributed by atoms with Gasteiger partial charge in [-0.3, -0.25) is 9.69 Å². The number of carbonyl (C=O) groups is 1. The molecule has 0 saturated carbocycles. The molecule has 0 radical (unpaired) electrons. The molecular formula is C19H27N3O2. The normalized spacial score (nSPS) is 18.8. The van der Waals surface area contributed by atoms with Gasteiger partial charge < -0.3 is 9.64 Å². The molecule has 1 fully saturated rings. The average Bonchev–Trinajstić information content (AvgIpc) is 3.07. The fourth-order valence-corrected chi connectivity index (χ4v) is 3.27. The van der Waals surface area contributed by atoms with Crippen LogP contribution in [0.25, 0.3) is 0 Å². The van der Waals surface area contributed by atoms with Gasteiger partial charge in [-0.15, -0.1) is 0 Å². The minimum atomic E-state index is -0.134. The number of likely N-dealkylation sites (N-methyl/N-ethyl adjacent to an activating group) is 1. The van der Waals surface area contributed by atoms with E-state index in [-0.39, 0.29) is 17.9 Å². The fraction of sp³-hybridized carbons (Fsp3) is 0.579. The first-order valence-corrected chi connectivity index (χ1v) is 8.64. The second kappa shape index (κ2) is 8.70. The number of likely N-dealkylation sites (tertiary alicyclic amines) is 1. The highest BCUT2D eigenvalue weighted by molar-refractivity contribution is 5.78. The van der Waals surface area contributed by atoms with Gasteiger partial charge in [0.15, 0.2) is 0 Å². The molecule has 0 aliphatic carbocycles. The van der Waals surface area contributed by atoms with Crippen LogP contribution in [0.5, 0.6) is 5.75 Å². The van der Waals surface area contributed by atoms with Crippen LogP contribution in [-0.2, 0) is 4.79 Å². The number of nitrogens with zero attached hydrogens (tertiary/aromatic N) is 3. The Morgan fingerprint density at radius 1 is 1.46 bits per heavy atom. The molecule has 1 aromatic carbocycles. The van der Waals surface area contributed by atoms with Crippen molar-refractivity contribution in [2.45, 2.75) is 32.7 Å². The minimum Gasteiger partial charge on any atom is -0.497 e. The zero-order valence-electron chi connectivity index (χ0n) is 14.9. The summed E-state index contributed by atoms with van der Waals surface area (Å²) in [6, 6.07) is 10.6. The van der Waals surface area contributed by atoms with E-state index in [9.17, 15) is 4.79 Å². The van der Waals surface area contributed by atoms with Crippen LogP contribution in [-0.4, -0.2) is 49.0 Å². The Morgan fingerprint density at radius 2 is 2.17 bits per heavy atom. The Kier molecular flexibility index (Phi) is 6.62. The molecule has 2 unspecified atom stereocenters. The number of methoxy groups -OCH3 is 1. The Morgan fingerprint density at radius 3 is 2.75 bits per heavy atom. The molecule has 1 aliphatic heterocycles. The lowest BCUT2D eigenvalue weighted by molar-refractivity contribution is -0.132. The van der Waals surface area contributed by atoms with Crippen LogP contribution >= 0.6 is 0 Å². The predicted molar refractivity (Wildman–Crippen MR) is 93.6 cm³/mol. The maximum atomic E-state index is 12.6. The summed E-state index contributed by atoms with van der Waals surface area (Å²) in [5.74, 6) is 0.826. The minimum absolute atomic E-state index is 0.111. The highest BCUT2D eigenvalue weighted by Crippen LogP contribution is 2.32. The van der Waals surface area contributed by atoms with E-state index >= 15 is 0 Å². The Labute approximate surface area is 144 Å². The largest absolute Gasteiger partial charge is 0.497 e. The molecule has 0 aromatic heterocycles. The van der Waals surface area contributed by atoms with Gasteiger partial charge in [0.05, 0.1) is 25.6 Å². The van der Waals surface area contributed by atoms with Crippen LogP contribution in [0.2, 0.25) is 0 Å². The van der Waals surface area contributed by atoms with Gasteiger partial charge in [-0.25, -0.2) is 0 Å². The number of amides is 1. The first kappa shape index (κ1) is 18.3. The predicted octanol–water partition coefficient (Wildman–Crippen LogP) is 2.84.